The molecule has 1 rings (SSSR count). The second-order valence-corrected chi connectivity index (χ2v) is 4.44. The number of hydrogen-bond donors (Lipinski definition) is 1. The summed E-state index contributed by atoms with van der Waals surface area (Å²) >= 11 is 7.77. The highest BCUT2D eigenvalue weighted by atomic mass is 35.5. The number of aryl methyl sites for hydroxylation is 1. The lowest BCUT2D eigenvalue weighted by molar-refractivity contribution is 0.872. The number of nitrogens with one attached hydrogen (secondary N) is 1. The summed E-state index contributed by atoms with van der Waals surface area (Å²) < 4.78 is 0. The summed E-state index contributed by atoms with van der Waals surface area (Å²) in [4.78, 5) is 1.29. The molecule has 0 aromatic heterocycles. The van der Waals surface area contributed by atoms with E-state index in [1.807, 2.05) is 31.8 Å². The van der Waals surface area contributed by atoms with E-state index in [0.29, 0.717) is 0 Å². The summed E-state index contributed by atoms with van der Waals surface area (Å²) in [6.07, 6.45) is 0. The molecule has 0 atom stereocenters. The standard InChI is InChI=1S/C10H14ClNS/c1-8-7-9(3-4-10(8)11)13-6-5-12-2/h3-4,7,12H,5-6H2,1-2H3. The van der Waals surface area contributed by atoms with Gasteiger partial charge in [-0.15, -0.1) is 11.8 Å². The molecule has 0 saturated heterocycles. The van der Waals surface area contributed by atoms with Crippen molar-refractivity contribution in [1.82, 2.24) is 5.32 Å². The van der Waals surface area contributed by atoms with Crippen molar-refractivity contribution in [3.8, 4) is 0 Å². The van der Waals surface area contributed by atoms with Gasteiger partial charge in [-0.25, -0.2) is 0 Å². The van der Waals surface area contributed by atoms with Gasteiger partial charge < -0.3 is 5.32 Å². The smallest absolute Gasteiger partial charge is 0.0435 e. The Kier molecular flexibility index (Phi) is 4.64. The van der Waals surface area contributed by atoms with Gasteiger partial charge >= 0.3 is 0 Å². The average molecular weight is 216 g/mol. The van der Waals surface area contributed by atoms with Crippen molar-refractivity contribution in [1.29, 1.82) is 0 Å². The number of benzene rings is 1. The zero-order valence-corrected chi connectivity index (χ0v) is 9.50. The predicted molar refractivity (Wildman–Crippen MR) is 60.8 cm³/mol. The molecule has 0 aliphatic heterocycles. The Bertz CT molecular complexity index is 276. The molecule has 3 heteroatoms. The maximum atomic E-state index is 5.92. The van der Waals surface area contributed by atoms with Crippen LogP contribution in [0.4, 0.5) is 0 Å². The fraction of sp³-hybridized carbons (Fsp3) is 0.400. The van der Waals surface area contributed by atoms with Crippen LogP contribution < -0.4 is 5.32 Å². The summed E-state index contributed by atoms with van der Waals surface area (Å²) in [5, 5.41) is 3.96. The number of rotatable bonds is 4. The molecule has 0 aliphatic rings. The molecule has 0 radical (unpaired) electrons. The third-order valence-electron chi connectivity index (χ3n) is 1.75. The fourth-order valence-corrected chi connectivity index (χ4v) is 2.06. The summed E-state index contributed by atoms with van der Waals surface area (Å²) in [7, 11) is 1.97. The first kappa shape index (κ1) is 10.9. The first-order valence-electron chi connectivity index (χ1n) is 4.27. The van der Waals surface area contributed by atoms with Gasteiger partial charge in [0.1, 0.15) is 0 Å². The Labute approximate surface area is 88.9 Å². The SMILES string of the molecule is CNCCSc1ccc(Cl)c(C)c1. The van der Waals surface area contributed by atoms with Gasteiger partial charge in [0.25, 0.3) is 0 Å². The lowest BCUT2D eigenvalue weighted by Crippen LogP contribution is -2.09. The van der Waals surface area contributed by atoms with Crippen LogP contribution in [-0.2, 0) is 0 Å². The number of thioether (sulfide) groups is 1. The topological polar surface area (TPSA) is 12.0 Å². The molecule has 1 aromatic rings. The van der Waals surface area contributed by atoms with E-state index in [1.54, 1.807) is 0 Å². The van der Waals surface area contributed by atoms with Gasteiger partial charge in [0.05, 0.1) is 0 Å². The van der Waals surface area contributed by atoms with E-state index < -0.39 is 0 Å². The van der Waals surface area contributed by atoms with Crippen LogP contribution in [0.2, 0.25) is 5.02 Å². The molecular formula is C10H14ClNS. The van der Waals surface area contributed by atoms with E-state index in [1.165, 1.54) is 4.90 Å². The zero-order chi connectivity index (χ0) is 9.68. The second-order valence-electron chi connectivity index (χ2n) is 2.86. The van der Waals surface area contributed by atoms with Gasteiger partial charge in [-0.2, -0.15) is 0 Å². The molecule has 0 saturated carbocycles. The largest absolute Gasteiger partial charge is 0.319 e. The summed E-state index contributed by atoms with van der Waals surface area (Å²) in [5.41, 5.74) is 1.15. The Morgan fingerprint density at radius 3 is 2.85 bits per heavy atom. The van der Waals surface area contributed by atoms with Crippen molar-refractivity contribution in [2.24, 2.45) is 0 Å². The average Bonchev–Trinajstić information content (AvgIpc) is 2.12. The van der Waals surface area contributed by atoms with E-state index in [0.717, 1.165) is 22.9 Å². The minimum Gasteiger partial charge on any atom is -0.319 e. The van der Waals surface area contributed by atoms with Gasteiger partial charge in [0, 0.05) is 22.2 Å². The first-order valence-corrected chi connectivity index (χ1v) is 5.64. The third kappa shape index (κ3) is 3.59. The van der Waals surface area contributed by atoms with Crippen molar-refractivity contribution in [2.75, 3.05) is 19.3 Å². The summed E-state index contributed by atoms with van der Waals surface area (Å²) in [5.74, 6) is 1.09. The van der Waals surface area contributed by atoms with Crippen LogP contribution in [0, 0.1) is 6.92 Å². The minimum atomic E-state index is 0.845. The van der Waals surface area contributed by atoms with Crippen LogP contribution in [0.3, 0.4) is 0 Å². The van der Waals surface area contributed by atoms with Crippen LogP contribution in [0.1, 0.15) is 5.56 Å². The molecule has 0 aliphatic carbocycles. The molecule has 0 heterocycles. The van der Waals surface area contributed by atoms with Crippen molar-refractivity contribution in [2.45, 2.75) is 11.8 Å². The summed E-state index contributed by atoms with van der Waals surface area (Å²) in [6, 6.07) is 6.15. The fourth-order valence-electron chi connectivity index (χ4n) is 0.978. The maximum Gasteiger partial charge on any atom is 0.0435 e. The molecule has 0 bridgehead atoms. The highest BCUT2D eigenvalue weighted by molar-refractivity contribution is 7.99. The van der Waals surface area contributed by atoms with E-state index in [2.05, 4.69) is 17.4 Å². The lowest BCUT2D eigenvalue weighted by atomic mass is 10.2. The quantitative estimate of drug-likeness (QED) is 0.612. The normalized spacial score (nSPS) is 10.4. The number of hydrogen-bond acceptors (Lipinski definition) is 2. The zero-order valence-electron chi connectivity index (χ0n) is 7.93. The Balaban J connectivity index is 2.53. The monoisotopic (exact) mass is 215 g/mol. The molecule has 1 aromatic carbocycles. The van der Waals surface area contributed by atoms with Crippen LogP contribution in [0.25, 0.3) is 0 Å². The van der Waals surface area contributed by atoms with Gasteiger partial charge in [-0.05, 0) is 37.7 Å². The van der Waals surface area contributed by atoms with Gasteiger partial charge in [-0.1, -0.05) is 11.6 Å². The molecule has 72 valence electrons. The van der Waals surface area contributed by atoms with Crippen LogP contribution >= 0.6 is 23.4 Å². The van der Waals surface area contributed by atoms with E-state index in [4.69, 9.17) is 11.6 Å². The van der Waals surface area contributed by atoms with Crippen LogP contribution in [0.15, 0.2) is 23.1 Å². The lowest BCUT2D eigenvalue weighted by Gasteiger charge is -2.03. The predicted octanol–water partition coefficient (Wildman–Crippen LogP) is 2.96. The van der Waals surface area contributed by atoms with Crippen molar-refractivity contribution < 1.29 is 0 Å². The number of halogens is 1. The van der Waals surface area contributed by atoms with Crippen molar-refractivity contribution in [3.05, 3.63) is 28.8 Å². The minimum absolute atomic E-state index is 0.845. The van der Waals surface area contributed by atoms with Crippen LogP contribution in [0.5, 0.6) is 0 Å². The van der Waals surface area contributed by atoms with E-state index in [-0.39, 0.29) is 0 Å². The van der Waals surface area contributed by atoms with E-state index in [9.17, 15) is 0 Å². The maximum absolute atomic E-state index is 5.92. The third-order valence-corrected chi connectivity index (χ3v) is 3.17. The van der Waals surface area contributed by atoms with Crippen molar-refractivity contribution in [3.63, 3.8) is 0 Å². The molecule has 0 unspecified atom stereocenters. The Morgan fingerprint density at radius 1 is 1.46 bits per heavy atom. The highest BCUT2D eigenvalue weighted by Crippen LogP contribution is 2.23. The Morgan fingerprint density at radius 2 is 2.23 bits per heavy atom. The van der Waals surface area contributed by atoms with Gasteiger partial charge in [0.2, 0.25) is 0 Å². The van der Waals surface area contributed by atoms with Gasteiger partial charge in [-0.3, -0.25) is 0 Å². The molecule has 1 nitrogen and oxygen atoms in total. The summed E-state index contributed by atoms with van der Waals surface area (Å²) in [6.45, 7) is 3.07. The first-order chi connectivity index (χ1) is 6.24. The Hall–Kier alpha value is -0.180. The molecule has 1 N–H and O–H groups in total. The molecule has 13 heavy (non-hydrogen) atoms. The van der Waals surface area contributed by atoms with Crippen molar-refractivity contribution >= 4 is 23.4 Å². The highest BCUT2D eigenvalue weighted by Gasteiger charge is 1.97. The van der Waals surface area contributed by atoms with Crippen LogP contribution in [-0.4, -0.2) is 19.3 Å². The molecule has 0 amide bonds. The molecule has 0 fully saturated rings. The van der Waals surface area contributed by atoms with Gasteiger partial charge in [0.15, 0.2) is 0 Å². The molecular weight excluding hydrogens is 202 g/mol. The molecule has 0 spiro atoms. The second kappa shape index (κ2) is 5.53. The van der Waals surface area contributed by atoms with E-state index >= 15 is 0 Å².